The van der Waals surface area contributed by atoms with E-state index in [0.29, 0.717) is 5.75 Å². The Labute approximate surface area is 99.7 Å². The number of nitrogens with two attached hydrogens (primary N) is 1. The zero-order valence-electron chi connectivity index (χ0n) is 10.4. The van der Waals surface area contributed by atoms with Gasteiger partial charge < -0.3 is 5.73 Å². The lowest BCUT2D eigenvalue weighted by molar-refractivity contribution is 0.342. The number of rotatable bonds is 5. The third-order valence-corrected chi connectivity index (χ3v) is 5.46. The number of hydrogen-bond donors (Lipinski definition) is 1. The highest BCUT2D eigenvalue weighted by Gasteiger charge is 2.26. The smallest absolute Gasteiger partial charge is 0.150 e. The number of hydrogen-bond acceptors (Lipinski definition) is 3. The van der Waals surface area contributed by atoms with Crippen LogP contribution in [0.2, 0.25) is 0 Å². The Balaban J connectivity index is 2.35. The van der Waals surface area contributed by atoms with Crippen molar-refractivity contribution in [2.45, 2.75) is 63.8 Å². The molecule has 0 unspecified atom stereocenters. The summed E-state index contributed by atoms with van der Waals surface area (Å²) in [6, 6.07) is 0. The molecule has 0 heterocycles. The maximum Gasteiger partial charge on any atom is 0.150 e. The van der Waals surface area contributed by atoms with Gasteiger partial charge >= 0.3 is 0 Å². The molecule has 4 heteroatoms. The first kappa shape index (κ1) is 14.0. The van der Waals surface area contributed by atoms with Gasteiger partial charge in [0, 0.05) is 11.3 Å². The molecule has 0 aromatic carbocycles. The molecule has 3 nitrogen and oxygen atoms in total. The Morgan fingerprint density at radius 1 is 1.12 bits per heavy atom. The van der Waals surface area contributed by atoms with Crippen molar-refractivity contribution in [2.24, 2.45) is 5.73 Å². The van der Waals surface area contributed by atoms with Gasteiger partial charge in [-0.05, 0) is 25.7 Å². The fraction of sp³-hybridized carbons (Fsp3) is 1.00. The van der Waals surface area contributed by atoms with Crippen LogP contribution in [-0.2, 0) is 9.84 Å². The lowest BCUT2D eigenvalue weighted by atomic mass is 9.87. The van der Waals surface area contributed by atoms with Crippen molar-refractivity contribution in [2.75, 3.05) is 11.5 Å². The minimum absolute atomic E-state index is 0.0836. The normalized spacial score (nSPS) is 21.6. The zero-order chi connectivity index (χ0) is 12.1. The van der Waals surface area contributed by atoms with Gasteiger partial charge in [-0.2, -0.15) is 0 Å². The second-order valence-electron chi connectivity index (χ2n) is 5.12. The van der Waals surface area contributed by atoms with Crippen molar-refractivity contribution in [1.29, 1.82) is 0 Å². The summed E-state index contributed by atoms with van der Waals surface area (Å²) in [5, 5.41) is 0. The third kappa shape index (κ3) is 4.83. The van der Waals surface area contributed by atoms with Crippen molar-refractivity contribution < 1.29 is 8.42 Å². The molecule has 1 rings (SSSR count). The standard InChI is InChI=1S/C12H25NO2S/c1-2-16(14,15)11-7-10-12(13)8-5-3-4-6-9-12/h2-11,13H2,1H3. The molecule has 16 heavy (non-hydrogen) atoms. The third-order valence-electron chi connectivity index (χ3n) is 3.67. The van der Waals surface area contributed by atoms with Gasteiger partial charge in [-0.25, -0.2) is 8.42 Å². The monoisotopic (exact) mass is 247 g/mol. The maximum absolute atomic E-state index is 11.4. The molecule has 0 atom stereocenters. The van der Waals surface area contributed by atoms with E-state index in [4.69, 9.17) is 5.73 Å². The molecule has 0 spiro atoms. The van der Waals surface area contributed by atoms with Gasteiger partial charge in [-0.3, -0.25) is 0 Å². The predicted octanol–water partition coefficient (Wildman–Crippen LogP) is 2.25. The van der Waals surface area contributed by atoms with E-state index in [1.54, 1.807) is 6.92 Å². The lowest BCUT2D eigenvalue weighted by Gasteiger charge is -2.27. The van der Waals surface area contributed by atoms with Crippen molar-refractivity contribution in [3.05, 3.63) is 0 Å². The highest BCUT2D eigenvalue weighted by Crippen LogP contribution is 2.28. The number of sulfone groups is 1. The minimum atomic E-state index is -2.81. The first-order valence-electron chi connectivity index (χ1n) is 6.47. The molecular weight excluding hydrogens is 222 g/mol. The van der Waals surface area contributed by atoms with Gasteiger partial charge in [0.05, 0.1) is 5.75 Å². The molecule has 0 amide bonds. The van der Waals surface area contributed by atoms with Gasteiger partial charge in [-0.1, -0.05) is 32.6 Å². The summed E-state index contributed by atoms with van der Waals surface area (Å²) in [6.07, 6.45) is 8.71. The fourth-order valence-electron chi connectivity index (χ4n) is 2.47. The van der Waals surface area contributed by atoms with Crippen molar-refractivity contribution >= 4 is 9.84 Å². The van der Waals surface area contributed by atoms with Crippen LogP contribution in [0.4, 0.5) is 0 Å². The second kappa shape index (κ2) is 6.01. The van der Waals surface area contributed by atoms with E-state index < -0.39 is 9.84 Å². The zero-order valence-corrected chi connectivity index (χ0v) is 11.2. The summed E-state index contributed by atoms with van der Waals surface area (Å²) in [7, 11) is -2.81. The predicted molar refractivity (Wildman–Crippen MR) is 68.2 cm³/mol. The summed E-state index contributed by atoms with van der Waals surface area (Å²) in [5.41, 5.74) is 6.25. The summed E-state index contributed by atoms with van der Waals surface area (Å²) >= 11 is 0. The highest BCUT2D eigenvalue weighted by atomic mass is 32.2. The Kier molecular flexibility index (Phi) is 5.25. The Bertz CT molecular complexity index is 290. The van der Waals surface area contributed by atoms with E-state index in [-0.39, 0.29) is 11.3 Å². The first-order valence-corrected chi connectivity index (χ1v) is 8.29. The SMILES string of the molecule is CCS(=O)(=O)CCCC1(N)CCCCCC1. The summed E-state index contributed by atoms with van der Waals surface area (Å²) in [5.74, 6) is 0.563. The van der Waals surface area contributed by atoms with Crippen LogP contribution in [0, 0.1) is 0 Å². The quantitative estimate of drug-likeness (QED) is 0.758. The largest absolute Gasteiger partial charge is 0.325 e. The molecule has 0 aromatic rings. The Morgan fingerprint density at radius 3 is 2.19 bits per heavy atom. The van der Waals surface area contributed by atoms with E-state index in [1.165, 1.54) is 25.7 Å². The molecule has 96 valence electrons. The molecule has 1 aliphatic carbocycles. The fourth-order valence-corrected chi connectivity index (χ4v) is 3.34. The molecular formula is C12H25NO2S. The summed E-state index contributed by atoms with van der Waals surface area (Å²) in [6.45, 7) is 1.71. The molecule has 0 radical (unpaired) electrons. The van der Waals surface area contributed by atoms with E-state index in [9.17, 15) is 8.42 Å². The molecule has 1 aliphatic rings. The van der Waals surface area contributed by atoms with Crippen LogP contribution in [0.25, 0.3) is 0 Å². The first-order chi connectivity index (χ1) is 7.47. The average molecular weight is 247 g/mol. The molecule has 2 N–H and O–H groups in total. The topological polar surface area (TPSA) is 60.2 Å². The van der Waals surface area contributed by atoms with Crippen LogP contribution < -0.4 is 5.73 Å². The van der Waals surface area contributed by atoms with Gasteiger partial charge in [0.25, 0.3) is 0 Å². The van der Waals surface area contributed by atoms with Gasteiger partial charge in [0.2, 0.25) is 0 Å². The van der Waals surface area contributed by atoms with E-state index in [1.807, 2.05) is 0 Å². The average Bonchev–Trinajstić information content (AvgIpc) is 2.43. The van der Waals surface area contributed by atoms with Crippen LogP contribution in [0.15, 0.2) is 0 Å². The van der Waals surface area contributed by atoms with Crippen LogP contribution in [0.5, 0.6) is 0 Å². The van der Waals surface area contributed by atoms with Gasteiger partial charge in [0.15, 0.2) is 0 Å². The van der Waals surface area contributed by atoms with Crippen LogP contribution in [-0.4, -0.2) is 25.5 Å². The molecule has 0 aliphatic heterocycles. The van der Waals surface area contributed by atoms with E-state index >= 15 is 0 Å². The Hall–Kier alpha value is -0.0900. The second-order valence-corrected chi connectivity index (χ2v) is 7.59. The van der Waals surface area contributed by atoms with Crippen LogP contribution in [0.1, 0.15) is 58.3 Å². The van der Waals surface area contributed by atoms with Crippen molar-refractivity contribution in [3.8, 4) is 0 Å². The van der Waals surface area contributed by atoms with Gasteiger partial charge in [0.1, 0.15) is 9.84 Å². The summed E-state index contributed by atoms with van der Waals surface area (Å²) in [4.78, 5) is 0. The molecule has 0 saturated heterocycles. The van der Waals surface area contributed by atoms with Crippen LogP contribution in [0.3, 0.4) is 0 Å². The van der Waals surface area contributed by atoms with Crippen molar-refractivity contribution in [1.82, 2.24) is 0 Å². The molecule has 0 bridgehead atoms. The van der Waals surface area contributed by atoms with Gasteiger partial charge in [-0.15, -0.1) is 0 Å². The minimum Gasteiger partial charge on any atom is -0.325 e. The lowest BCUT2D eigenvalue weighted by Crippen LogP contribution is -2.39. The Morgan fingerprint density at radius 2 is 1.69 bits per heavy atom. The molecule has 1 fully saturated rings. The van der Waals surface area contributed by atoms with E-state index in [2.05, 4.69) is 0 Å². The maximum atomic E-state index is 11.4. The summed E-state index contributed by atoms with van der Waals surface area (Å²) < 4.78 is 22.7. The highest BCUT2D eigenvalue weighted by molar-refractivity contribution is 7.91. The molecule has 1 saturated carbocycles. The van der Waals surface area contributed by atoms with E-state index in [0.717, 1.165) is 25.7 Å². The molecule has 0 aromatic heterocycles. The van der Waals surface area contributed by atoms with Crippen molar-refractivity contribution in [3.63, 3.8) is 0 Å². The van der Waals surface area contributed by atoms with Crippen LogP contribution >= 0.6 is 0 Å².